The van der Waals surface area contributed by atoms with Crippen LogP contribution in [0.4, 0.5) is 0 Å². The fraction of sp³-hybridized carbons (Fsp3) is 0.429. The Kier molecular flexibility index (Phi) is 4.30. The van der Waals surface area contributed by atoms with Gasteiger partial charge in [0.15, 0.2) is 6.04 Å². The van der Waals surface area contributed by atoms with E-state index >= 15 is 0 Å². The molecule has 0 aliphatic heterocycles. The first kappa shape index (κ1) is 15.7. The van der Waals surface area contributed by atoms with Crippen molar-refractivity contribution in [3.8, 4) is 0 Å². The summed E-state index contributed by atoms with van der Waals surface area (Å²) in [4.78, 5) is 23.7. The molecule has 2 aromatic rings. The van der Waals surface area contributed by atoms with Crippen molar-refractivity contribution in [2.45, 2.75) is 39.7 Å². The van der Waals surface area contributed by atoms with Crippen molar-refractivity contribution < 1.29 is 14.7 Å². The number of hydrogen-bond acceptors (Lipinski definition) is 4. The molecule has 2 rings (SSSR count). The highest BCUT2D eigenvalue weighted by Gasteiger charge is 2.28. The van der Waals surface area contributed by atoms with Gasteiger partial charge in [0.05, 0.1) is 5.69 Å². The number of nitrogens with one attached hydrogen (secondary N) is 3. The maximum atomic E-state index is 12.2. The Morgan fingerprint density at radius 2 is 1.91 bits per heavy atom. The first-order chi connectivity index (χ1) is 10.3. The van der Waals surface area contributed by atoms with Gasteiger partial charge in [0, 0.05) is 17.0 Å². The standard InChI is InChI=1S/C14H19N5O3/c1-6(2)9-5-10(19-18-9)13(20)15-12(14(21)22)11-7(3)16-17-8(11)4/h5-6,12H,1-4H3,(H,15,20)(H,16,17)(H,18,19)(H,21,22). The van der Waals surface area contributed by atoms with E-state index < -0.39 is 17.9 Å². The molecule has 4 N–H and O–H groups in total. The maximum Gasteiger partial charge on any atom is 0.331 e. The maximum absolute atomic E-state index is 12.2. The van der Waals surface area contributed by atoms with Gasteiger partial charge in [0.2, 0.25) is 0 Å². The van der Waals surface area contributed by atoms with Crippen LogP contribution in [0.2, 0.25) is 0 Å². The van der Waals surface area contributed by atoms with Gasteiger partial charge >= 0.3 is 5.97 Å². The van der Waals surface area contributed by atoms with E-state index in [1.807, 2.05) is 13.8 Å². The highest BCUT2D eigenvalue weighted by molar-refractivity contribution is 5.95. The Labute approximate surface area is 127 Å². The molecular formula is C14H19N5O3. The van der Waals surface area contributed by atoms with E-state index in [2.05, 4.69) is 25.7 Å². The van der Waals surface area contributed by atoms with Crippen molar-refractivity contribution in [1.82, 2.24) is 25.7 Å². The van der Waals surface area contributed by atoms with Crippen molar-refractivity contribution in [3.63, 3.8) is 0 Å². The van der Waals surface area contributed by atoms with E-state index in [0.29, 0.717) is 17.0 Å². The summed E-state index contributed by atoms with van der Waals surface area (Å²) in [6.45, 7) is 7.33. The van der Waals surface area contributed by atoms with Gasteiger partial charge in [-0.15, -0.1) is 0 Å². The van der Waals surface area contributed by atoms with Crippen molar-refractivity contribution >= 4 is 11.9 Å². The van der Waals surface area contributed by atoms with Crippen LogP contribution >= 0.6 is 0 Å². The van der Waals surface area contributed by atoms with Gasteiger partial charge < -0.3 is 10.4 Å². The second-order valence-electron chi connectivity index (χ2n) is 5.46. The zero-order valence-electron chi connectivity index (χ0n) is 12.9. The Balaban J connectivity index is 2.24. The molecule has 22 heavy (non-hydrogen) atoms. The van der Waals surface area contributed by atoms with E-state index in [4.69, 9.17) is 0 Å². The second kappa shape index (κ2) is 6.00. The highest BCUT2D eigenvalue weighted by Crippen LogP contribution is 2.20. The number of rotatable bonds is 5. The number of aryl methyl sites for hydroxylation is 2. The van der Waals surface area contributed by atoms with Gasteiger partial charge in [-0.25, -0.2) is 4.79 Å². The fourth-order valence-electron chi connectivity index (χ4n) is 2.20. The number of nitrogens with zero attached hydrogens (tertiary/aromatic N) is 2. The first-order valence-electron chi connectivity index (χ1n) is 6.91. The van der Waals surface area contributed by atoms with Crippen LogP contribution in [0.15, 0.2) is 6.07 Å². The number of hydrogen-bond donors (Lipinski definition) is 4. The van der Waals surface area contributed by atoms with Gasteiger partial charge in [0.25, 0.3) is 5.91 Å². The lowest BCUT2D eigenvalue weighted by Crippen LogP contribution is -2.34. The minimum atomic E-state index is -1.18. The molecule has 1 atom stereocenters. The molecule has 2 heterocycles. The predicted molar refractivity (Wildman–Crippen MR) is 78.6 cm³/mol. The van der Waals surface area contributed by atoms with Crippen LogP contribution in [0.5, 0.6) is 0 Å². The molecule has 8 heteroatoms. The van der Waals surface area contributed by atoms with E-state index in [1.54, 1.807) is 19.9 Å². The smallest absolute Gasteiger partial charge is 0.331 e. The van der Waals surface area contributed by atoms with Crippen molar-refractivity contribution in [2.24, 2.45) is 0 Å². The molecule has 0 fully saturated rings. The molecule has 0 saturated heterocycles. The lowest BCUT2D eigenvalue weighted by molar-refractivity contribution is -0.139. The molecule has 1 unspecified atom stereocenters. The lowest BCUT2D eigenvalue weighted by atomic mass is 10.0. The predicted octanol–water partition coefficient (Wildman–Crippen LogP) is 1.43. The summed E-state index contributed by atoms with van der Waals surface area (Å²) < 4.78 is 0. The summed E-state index contributed by atoms with van der Waals surface area (Å²) in [5.74, 6) is -1.50. The molecule has 0 spiro atoms. The van der Waals surface area contributed by atoms with E-state index in [9.17, 15) is 14.7 Å². The molecule has 0 bridgehead atoms. The monoisotopic (exact) mass is 305 g/mol. The number of carbonyl (C=O) groups is 2. The number of amides is 1. The molecule has 0 aliphatic rings. The molecule has 2 aromatic heterocycles. The third kappa shape index (κ3) is 3.00. The number of aromatic nitrogens is 4. The largest absolute Gasteiger partial charge is 0.479 e. The third-order valence-corrected chi connectivity index (χ3v) is 3.45. The summed E-state index contributed by atoms with van der Waals surface area (Å²) in [5.41, 5.74) is 2.58. The Morgan fingerprint density at radius 1 is 1.23 bits per heavy atom. The Hall–Kier alpha value is -2.64. The van der Waals surface area contributed by atoms with Gasteiger partial charge in [-0.3, -0.25) is 15.0 Å². The van der Waals surface area contributed by atoms with Crippen LogP contribution in [0.25, 0.3) is 0 Å². The summed E-state index contributed by atoms with van der Waals surface area (Å²) in [6.07, 6.45) is 0. The topological polar surface area (TPSA) is 124 Å². The first-order valence-corrected chi connectivity index (χ1v) is 6.91. The summed E-state index contributed by atoms with van der Waals surface area (Å²) in [7, 11) is 0. The number of aliphatic carboxylic acids is 1. The van der Waals surface area contributed by atoms with Gasteiger partial charge in [-0.2, -0.15) is 10.2 Å². The molecule has 0 radical (unpaired) electrons. The van der Waals surface area contributed by atoms with Crippen molar-refractivity contribution in [2.75, 3.05) is 0 Å². The van der Waals surface area contributed by atoms with Crippen molar-refractivity contribution in [1.29, 1.82) is 0 Å². The van der Waals surface area contributed by atoms with E-state index in [0.717, 1.165) is 5.69 Å². The number of H-pyrrole nitrogens is 2. The van der Waals surface area contributed by atoms with Crippen LogP contribution in [-0.4, -0.2) is 37.4 Å². The average Bonchev–Trinajstić information content (AvgIpc) is 3.04. The molecular weight excluding hydrogens is 286 g/mol. The summed E-state index contributed by atoms with van der Waals surface area (Å²) in [6, 6.07) is 0.444. The average molecular weight is 305 g/mol. The number of aromatic amines is 2. The van der Waals surface area contributed by atoms with Crippen molar-refractivity contribution in [3.05, 3.63) is 34.4 Å². The van der Waals surface area contributed by atoms with E-state index in [1.165, 1.54) is 0 Å². The molecule has 118 valence electrons. The minimum absolute atomic E-state index is 0.161. The zero-order chi connectivity index (χ0) is 16.4. The molecule has 0 aromatic carbocycles. The van der Waals surface area contributed by atoms with Crippen LogP contribution in [-0.2, 0) is 4.79 Å². The fourth-order valence-corrected chi connectivity index (χ4v) is 2.20. The Bertz CT molecular complexity index is 682. The molecule has 8 nitrogen and oxygen atoms in total. The lowest BCUT2D eigenvalue weighted by Gasteiger charge is -2.14. The number of carbonyl (C=O) groups excluding carboxylic acids is 1. The molecule has 0 saturated carbocycles. The summed E-state index contributed by atoms with van der Waals surface area (Å²) in [5, 5.41) is 25.3. The van der Waals surface area contributed by atoms with Crippen LogP contribution in [0, 0.1) is 13.8 Å². The van der Waals surface area contributed by atoms with Gasteiger partial charge in [-0.05, 0) is 25.8 Å². The zero-order valence-corrected chi connectivity index (χ0v) is 12.9. The SMILES string of the molecule is Cc1n[nH]c(C)c1C(NC(=O)c1cc(C(C)C)[nH]n1)C(=O)O. The minimum Gasteiger partial charge on any atom is -0.479 e. The van der Waals surface area contributed by atoms with Crippen LogP contribution < -0.4 is 5.32 Å². The van der Waals surface area contributed by atoms with Crippen LogP contribution in [0.1, 0.15) is 58.9 Å². The highest BCUT2D eigenvalue weighted by atomic mass is 16.4. The Morgan fingerprint density at radius 3 is 2.36 bits per heavy atom. The van der Waals surface area contributed by atoms with Gasteiger partial charge in [0.1, 0.15) is 5.69 Å². The molecule has 0 aliphatic carbocycles. The number of carboxylic acids is 1. The second-order valence-corrected chi connectivity index (χ2v) is 5.46. The van der Waals surface area contributed by atoms with Gasteiger partial charge in [-0.1, -0.05) is 13.8 Å². The molecule has 1 amide bonds. The number of carboxylic acid groups (broad SMARTS) is 1. The normalized spacial score (nSPS) is 12.4. The quantitative estimate of drug-likeness (QED) is 0.665. The third-order valence-electron chi connectivity index (χ3n) is 3.45. The van der Waals surface area contributed by atoms with Crippen LogP contribution in [0.3, 0.4) is 0 Å². The van der Waals surface area contributed by atoms with E-state index in [-0.39, 0.29) is 11.6 Å². The summed E-state index contributed by atoms with van der Waals surface area (Å²) >= 11 is 0.